The summed E-state index contributed by atoms with van der Waals surface area (Å²) >= 11 is 0. The highest BCUT2D eigenvalue weighted by atomic mass is 19.1. The highest BCUT2D eigenvalue weighted by Crippen LogP contribution is 2.14. The van der Waals surface area contributed by atoms with Gasteiger partial charge < -0.3 is 11.1 Å². The molecule has 20 heavy (non-hydrogen) atoms. The molecule has 4 nitrogen and oxygen atoms in total. The van der Waals surface area contributed by atoms with Gasteiger partial charge in [-0.25, -0.2) is 4.39 Å². The summed E-state index contributed by atoms with van der Waals surface area (Å²) in [6, 6.07) is 12.0. The number of benzene rings is 2. The summed E-state index contributed by atoms with van der Waals surface area (Å²) in [6.45, 7) is -0.106. The number of rotatable bonds is 4. The lowest BCUT2D eigenvalue weighted by Gasteiger charge is -2.07. The Kier molecular flexibility index (Phi) is 4.22. The molecule has 0 saturated heterocycles. The molecule has 0 aliphatic heterocycles. The van der Waals surface area contributed by atoms with Crippen LogP contribution in [0.15, 0.2) is 48.5 Å². The van der Waals surface area contributed by atoms with Gasteiger partial charge in [-0.3, -0.25) is 9.59 Å². The first kappa shape index (κ1) is 13.9. The molecule has 2 aromatic carbocycles. The van der Waals surface area contributed by atoms with E-state index in [0.717, 1.165) is 0 Å². The Morgan fingerprint density at radius 2 is 1.85 bits per heavy atom. The largest absolute Gasteiger partial charge is 0.324 e. The lowest BCUT2D eigenvalue weighted by atomic mass is 10.1. The summed E-state index contributed by atoms with van der Waals surface area (Å²) in [7, 11) is 0. The van der Waals surface area contributed by atoms with E-state index in [-0.39, 0.29) is 17.9 Å². The maximum Gasteiger partial charge on any atom is 0.258 e. The molecule has 0 saturated carbocycles. The molecule has 1 amide bonds. The van der Waals surface area contributed by atoms with Gasteiger partial charge in [0.15, 0.2) is 5.78 Å². The Morgan fingerprint density at radius 3 is 2.55 bits per heavy atom. The number of amides is 1. The fourth-order valence-corrected chi connectivity index (χ4v) is 1.73. The number of nitrogens with two attached hydrogens (primary N) is 1. The molecule has 0 bridgehead atoms. The van der Waals surface area contributed by atoms with E-state index >= 15 is 0 Å². The maximum atomic E-state index is 13.5. The number of carbonyl (C=O) groups excluding carboxylic acids is 2. The van der Waals surface area contributed by atoms with Crippen molar-refractivity contribution in [1.82, 2.24) is 0 Å². The van der Waals surface area contributed by atoms with Crippen LogP contribution in [-0.4, -0.2) is 18.2 Å². The smallest absolute Gasteiger partial charge is 0.258 e. The number of nitrogens with one attached hydrogen (secondary N) is 1. The van der Waals surface area contributed by atoms with Gasteiger partial charge in [-0.15, -0.1) is 0 Å². The van der Waals surface area contributed by atoms with Gasteiger partial charge in [0.05, 0.1) is 12.1 Å². The fourth-order valence-electron chi connectivity index (χ4n) is 1.73. The fraction of sp³-hybridized carbons (Fsp3) is 0.0667. The average Bonchev–Trinajstić information content (AvgIpc) is 2.47. The van der Waals surface area contributed by atoms with E-state index < -0.39 is 11.7 Å². The van der Waals surface area contributed by atoms with Crippen molar-refractivity contribution in [1.29, 1.82) is 0 Å². The lowest BCUT2D eigenvalue weighted by Crippen LogP contribution is -2.16. The van der Waals surface area contributed by atoms with Crippen molar-refractivity contribution < 1.29 is 14.0 Å². The van der Waals surface area contributed by atoms with Crippen molar-refractivity contribution in [2.45, 2.75) is 0 Å². The van der Waals surface area contributed by atoms with Crippen molar-refractivity contribution in [3.8, 4) is 0 Å². The van der Waals surface area contributed by atoms with Crippen LogP contribution < -0.4 is 11.1 Å². The minimum atomic E-state index is -0.598. The maximum absolute atomic E-state index is 13.5. The van der Waals surface area contributed by atoms with E-state index in [2.05, 4.69) is 5.32 Å². The molecule has 0 aromatic heterocycles. The van der Waals surface area contributed by atoms with Crippen LogP contribution in [0.5, 0.6) is 0 Å². The van der Waals surface area contributed by atoms with Crippen LogP contribution >= 0.6 is 0 Å². The molecular weight excluding hydrogens is 259 g/mol. The molecule has 102 valence electrons. The normalized spacial score (nSPS) is 10.1. The van der Waals surface area contributed by atoms with Gasteiger partial charge in [0, 0.05) is 11.3 Å². The van der Waals surface area contributed by atoms with Gasteiger partial charge >= 0.3 is 0 Å². The monoisotopic (exact) mass is 272 g/mol. The Balaban J connectivity index is 2.20. The highest BCUT2D eigenvalue weighted by molar-refractivity contribution is 6.05. The zero-order valence-electron chi connectivity index (χ0n) is 10.6. The molecule has 0 atom stereocenters. The van der Waals surface area contributed by atoms with Crippen LogP contribution in [0.1, 0.15) is 20.7 Å². The van der Waals surface area contributed by atoms with Gasteiger partial charge in [-0.1, -0.05) is 24.3 Å². The SMILES string of the molecule is NCC(=O)c1cccc(NC(=O)c2ccccc2F)c1. The Labute approximate surface area is 115 Å². The van der Waals surface area contributed by atoms with Crippen molar-refractivity contribution in [2.75, 3.05) is 11.9 Å². The summed E-state index contributed by atoms with van der Waals surface area (Å²) in [6.07, 6.45) is 0. The zero-order valence-corrected chi connectivity index (χ0v) is 10.6. The first-order valence-corrected chi connectivity index (χ1v) is 6.01. The van der Waals surface area contributed by atoms with Crippen LogP contribution in [0.25, 0.3) is 0 Å². The molecule has 0 aliphatic carbocycles. The number of hydrogen-bond acceptors (Lipinski definition) is 3. The van der Waals surface area contributed by atoms with Gasteiger partial charge in [0.1, 0.15) is 5.82 Å². The minimum absolute atomic E-state index is 0.0527. The number of Topliss-reactive ketones (excluding diaryl/α,β-unsaturated/α-hetero) is 1. The number of anilines is 1. The second kappa shape index (κ2) is 6.08. The predicted octanol–water partition coefficient (Wildman–Crippen LogP) is 2.22. The lowest BCUT2D eigenvalue weighted by molar-refractivity contribution is 0.0996. The van der Waals surface area contributed by atoms with Gasteiger partial charge in [-0.2, -0.15) is 0 Å². The molecule has 0 fully saturated rings. The van der Waals surface area contributed by atoms with E-state index in [9.17, 15) is 14.0 Å². The number of carbonyl (C=O) groups is 2. The van der Waals surface area contributed by atoms with Crippen molar-refractivity contribution in [3.05, 3.63) is 65.5 Å². The van der Waals surface area contributed by atoms with E-state index in [4.69, 9.17) is 5.73 Å². The summed E-state index contributed by atoms with van der Waals surface area (Å²) < 4.78 is 13.5. The summed E-state index contributed by atoms with van der Waals surface area (Å²) in [5.74, 6) is -1.40. The molecule has 0 radical (unpaired) electrons. The third-order valence-electron chi connectivity index (χ3n) is 2.75. The standard InChI is InChI=1S/C15H13FN2O2/c16-13-7-2-1-6-12(13)15(20)18-11-5-3-4-10(8-11)14(19)9-17/h1-8H,9,17H2,(H,18,20). The molecule has 0 unspecified atom stereocenters. The topological polar surface area (TPSA) is 72.2 Å². The van der Waals surface area contributed by atoms with Crippen LogP contribution in [0.3, 0.4) is 0 Å². The van der Waals surface area contributed by atoms with Gasteiger partial charge in [-0.05, 0) is 24.3 Å². The molecule has 3 N–H and O–H groups in total. The quantitative estimate of drug-likeness (QED) is 0.838. The highest BCUT2D eigenvalue weighted by Gasteiger charge is 2.11. The van der Waals surface area contributed by atoms with Crippen LogP contribution in [0.4, 0.5) is 10.1 Å². The Morgan fingerprint density at radius 1 is 1.10 bits per heavy atom. The van der Waals surface area contributed by atoms with Gasteiger partial charge in [0.2, 0.25) is 0 Å². The van der Waals surface area contributed by atoms with Crippen LogP contribution in [-0.2, 0) is 0 Å². The van der Waals surface area contributed by atoms with E-state index in [1.807, 2.05) is 0 Å². The second-order valence-corrected chi connectivity index (χ2v) is 4.14. The third-order valence-corrected chi connectivity index (χ3v) is 2.75. The van der Waals surface area contributed by atoms with E-state index in [1.165, 1.54) is 24.3 Å². The predicted molar refractivity (Wildman–Crippen MR) is 74.2 cm³/mol. The summed E-state index contributed by atoms with van der Waals surface area (Å²) in [5, 5.41) is 2.55. The number of halogens is 1. The molecule has 0 aliphatic rings. The molecule has 2 rings (SSSR count). The molecule has 0 spiro atoms. The minimum Gasteiger partial charge on any atom is -0.324 e. The molecule has 0 heterocycles. The average molecular weight is 272 g/mol. The van der Waals surface area contributed by atoms with Crippen molar-refractivity contribution in [3.63, 3.8) is 0 Å². The van der Waals surface area contributed by atoms with Crippen molar-refractivity contribution in [2.24, 2.45) is 5.73 Å². The number of hydrogen-bond donors (Lipinski definition) is 2. The summed E-state index contributed by atoms with van der Waals surface area (Å²) in [4.78, 5) is 23.4. The van der Waals surface area contributed by atoms with E-state index in [1.54, 1.807) is 24.3 Å². The number of ketones is 1. The van der Waals surface area contributed by atoms with Crippen LogP contribution in [0, 0.1) is 5.82 Å². The zero-order chi connectivity index (χ0) is 14.5. The molecule has 2 aromatic rings. The van der Waals surface area contributed by atoms with E-state index in [0.29, 0.717) is 11.3 Å². The summed E-state index contributed by atoms with van der Waals surface area (Å²) in [5.41, 5.74) is 6.04. The van der Waals surface area contributed by atoms with Gasteiger partial charge in [0.25, 0.3) is 5.91 Å². The molecular formula is C15H13FN2O2. The Bertz CT molecular complexity index is 656. The first-order chi connectivity index (χ1) is 9.61. The second-order valence-electron chi connectivity index (χ2n) is 4.14. The first-order valence-electron chi connectivity index (χ1n) is 6.01. The van der Waals surface area contributed by atoms with Crippen molar-refractivity contribution >= 4 is 17.4 Å². The Hall–Kier alpha value is -2.53. The third kappa shape index (κ3) is 3.07. The van der Waals surface area contributed by atoms with Crippen LogP contribution in [0.2, 0.25) is 0 Å². The molecule has 5 heteroatoms.